The smallest absolute Gasteiger partial charge is 0.0547 e. The summed E-state index contributed by atoms with van der Waals surface area (Å²) in [5.41, 5.74) is 2.30. The molecular weight excluding hydrogens is 258 g/mol. The molecule has 2 atom stereocenters. The normalized spacial score (nSPS) is 23.2. The quantitative estimate of drug-likeness (QED) is 0.814. The van der Waals surface area contributed by atoms with Crippen LogP contribution in [0.2, 0.25) is 0 Å². The van der Waals surface area contributed by atoms with Crippen molar-refractivity contribution < 1.29 is 0 Å². The molecule has 21 heavy (non-hydrogen) atoms. The van der Waals surface area contributed by atoms with E-state index in [9.17, 15) is 0 Å². The molecule has 1 fully saturated rings. The Morgan fingerprint density at radius 3 is 2.81 bits per heavy atom. The molecule has 0 saturated heterocycles. The van der Waals surface area contributed by atoms with Gasteiger partial charge in [0.1, 0.15) is 0 Å². The number of hydrogen-bond donors (Lipinski definition) is 1. The Balaban J connectivity index is 1.91. The van der Waals surface area contributed by atoms with E-state index in [1.54, 1.807) is 0 Å². The number of rotatable bonds is 6. The minimum Gasteiger partial charge on any atom is -0.314 e. The summed E-state index contributed by atoms with van der Waals surface area (Å²) < 4.78 is 0. The van der Waals surface area contributed by atoms with Gasteiger partial charge in [-0.25, -0.2) is 0 Å². The van der Waals surface area contributed by atoms with E-state index in [2.05, 4.69) is 54.3 Å². The Labute approximate surface area is 130 Å². The minimum absolute atomic E-state index is 0.699. The molecule has 2 rings (SSSR count). The lowest BCUT2D eigenvalue weighted by atomic mass is 9.94. The van der Waals surface area contributed by atoms with Crippen LogP contribution in [0, 0.1) is 12.8 Å². The van der Waals surface area contributed by atoms with Gasteiger partial charge in [0, 0.05) is 24.8 Å². The molecule has 1 saturated carbocycles. The van der Waals surface area contributed by atoms with Crippen molar-refractivity contribution in [3.05, 3.63) is 29.6 Å². The van der Waals surface area contributed by atoms with Gasteiger partial charge in [-0.05, 0) is 51.4 Å². The number of pyridine rings is 1. The standard InChI is InChI=1S/C18H31N3/c1-4-19-18-12-7-5-6-10-16(18)13-21(3)14-17-11-8-9-15(2)20-17/h8-9,11,16,18-19H,4-7,10,12-14H2,1-3H3. The summed E-state index contributed by atoms with van der Waals surface area (Å²) in [5, 5.41) is 3.71. The van der Waals surface area contributed by atoms with Crippen LogP contribution in [0.3, 0.4) is 0 Å². The molecule has 0 aromatic carbocycles. The Kier molecular flexibility index (Phi) is 6.65. The maximum atomic E-state index is 4.62. The van der Waals surface area contributed by atoms with E-state index in [0.29, 0.717) is 6.04 Å². The zero-order valence-electron chi connectivity index (χ0n) is 13.9. The predicted octanol–water partition coefficient (Wildman–Crippen LogP) is 3.38. The molecule has 0 radical (unpaired) electrons. The maximum absolute atomic E-state index is 4.62. The van der Waals surface area contributed by atoms with Crippen molar-refractivity contribution in [2.75, 3.05) is 20.1 Å². The average molecular weight is 289 g/mol. The first kappa shape index (κ1) is 16.4. The highest BCUT2D eigenvalue weighted by molar-refractivity contribution is 5.09. The number of aromatic nitrogens is 1. The van der Waals surface area contributed by atoms with Gasteiger partial charge in [-0.15, -0.1) is 0 Å². The second-order valence-corrected chi connectivity index (χ2v) is 6.53. The van der Waals surface area contributed by atoms with Crippen LogP contribution in [0.1, 0.15) is 50.4 Å². The van der Waals surface area contributed by atoms with Gasteiger partial charge in [0.25, 0.3) is 0 Å². The molecule has 0 bridgehead atoms. The van der Waals surface area contributed by atoms with Crippen LogP contribution in [-0.4, -0.2) is 36.1 Å². The molecule has 118 valence electrons. The lowest BCUT2D eigenvalue weighted by molar-refractivity contribution is 0.218. The van der Waals surface area contributed by atoms with Crippen LogP contribution in [0.25, 0.3) is 0 Å². The Morgan fingerprint density at radius 2 is 2.05 bits per heavy atom. The third-order valence-electron chi connectivity index (χ3n) is 4.55. The van der Waals surface area contributed by atoms with Crippen LogP contribution in [0.5, 0.6) is 0 Å². The zero-order chi connectivity index (χ0) is 15.1. The van der Waals surface area contributed by atoms with Gasteiger partial charge in [-0.3, -0.25) is 4.98 Å². The SMILES string of the molecule is CCNC1CCCCCC1CN(C)Cc1cccc(C)n1. The van der Waals surface area contributed by atoms with Gasteiger partial charge in [-0.2, -0.15) is 0 Å². The molecule has 0 aliphatic heterocycles. The van der Waals surface area contributed by atoms with Gasteiger partial charge in [-0.1, -0.05) is 32.3 Å². The molecule has 2 unspecified atom stereocenters. The number of aryl methyl sites for hydroxylation is 1. The summed E-state index contributed by atoms with van der Waals surface area (Å²) in [5.74, 6) is 0.780. The first-order valence-electron chi connectivity index (χ1n) is 8.53. The van der Waals surface area contributed by atoms with E-state index < -0.39 is 0 Å². The van der Waals surface area contributed by atoms with Crippen LogP contribution >= 0.6 is 0 Å². The average Bonchev–Trinajstić information content (AvgIpc) is 2.65. The molecule has 1 aliphatic rings. The molecule has 1 aromatic heterocycles. The van der Waals surface area contributed by atoms with E-state index in [1.807, 2.05) is 0 Å². The molecule has 1 aromatic rings. The predicted molar refractivity (Wildman–Crippen MR) is 89.3 cm³/mol. The largest absolute Gasteiger partial charge is 0.314 e. The Morgan fingerprint density at radius 1 is 1.24 bits per heavy atom. The number of hydrogen-bond acceptors (Lipinski definition) is 3. The maximum Gasteiger partial charge on any atom is 0.0547 e. The monoisotopic (exact) mass is 289 g/mol. The highest BCUT2D eigenvalue weighted by Crippen LogP contribution is 2.24. The molecule has 3 nitrogen and oxygen atoms in total. The van der Waals surface area contributed by atoms with E-state index in [0.717, 1.165) is 24.7 Å². The van der Waals surface area contributed by atoms with E-state index >= 15 is 0 Å². The molecule has 1 heterocycles. The summed E-state index contributed by atoms with van der Waals surface area (Å²) in [6.45, 7) is 7.51. The van der Waals surface area contributed by atoms with Crippen molar-refractivity contribution in [2.45, 2.75) is 58.5 Å². The van der Waals surface area contributed by atoms with Gasteiger partial charge in [0.05, 0.1) is 5.69 Å². The molecule has 0 amide bonds. The topological polar surface area (TPSA) is 28.2 Å². The van der Waals surface area contributed by atoms with Gasteiger partial charge in [0.2, 0.25) is 0 Å². The highest BCUT2D eigenvalue weighted by atomic mass is 15.1. The molecular formula is C18H31N3. The van der Waals surface area contributed by atoms with Crippen molar-refractivity contribution in [3.8, 4) is 0 Å². The lowest BCUT2D eigenvalue weighted by Gasteiger charge is -2.30. The van der Waals surface area contributed by atoms with Gasteiger partial charge >= 0.3 is 0 Å². The van der Waals surface area contributed by atoms with E-state index in [-0.39, 0.29) is 0 Å². The van der Waals surface area contributed by atoms with E-state index in [1.165, 1.54) is 44.3 Å². The molecule has 1 aliphatic carbocycles. The summed E-state index contributed by atoms with van der Waals surface area (Å²) in [6.07, 6.45) is 6.89. The van der Waals surface area contributed by atoms with Crippen LogP contribution < -0.4 is 5.32 Å². The van der Waals surface area contributed by atoms with E-state index in [4.69, 9.17) is 0 Å². The fourth-order valence-corrected chi connectivity index (χ4v) is 3.56. The number of nitrogens with one attached hydrogen (secondary N) is 1. The lowest BCUT2D eigenvalue weighted by Crippen LogP contribution is -2.40. The second kappa shape index (κ2) is 8.50. The minimum atomic E-state index is 0.699. The molecule has 0 spiro atoms. The summed E-state index contributed by atoms with van der Waals surface area (Å²) >= 11 is 0. The Hall–Kier alpha value is -0.930. The van der Waals surface area contributed by atoms with Crippen molar-refractivity contribution in [1.29, 1.82) is 0 Å². The zero-order valence-corrected chi connectivity index (χ0v) is 13.9. The third-order valence-corrected chi connectivity index (χ3v) is 4.55. The third kappa shape index (κ3) is 5.40. The van der Waals surface area contributed by atoms with Crippen LogP contribution in [0.15, 0.2) is 18.2 Å². The van der Waals surface area contributed by atoms with Crippen LogP contribution in [-0.2, 0) is 6.54 Å². The van der Waals surface area contributed by atoms with Crippen molar-refractivity contribution in [1.82, 2.24) is 15.2 Å². The van der Waals surface area contributed by atoms with Gasteiger partial charge < -0.3 is 10.2 Å². The fraction of sp³-hybridized carbons (Fsp3) is 0.722. The second-order valence-electron chi connectivity index (χ2n) is 6.53. The first-order valence-corrected chi connectivity index (χ1v) is 8.53. The first-order chi connectivity index (χ1) is 10.2. The summed E-state index contributed by atoms with van der Waals surface area (Å²) in [7, 11) is 2.23. The van der Waals surface area contributed by atoms with Crippen LogP contribution in [0.4, 0.5) is 0 Å². The number of nitrogens with zero attached hydrogens (tertiary/aromatic N) is 2. The molecule has 3 heteroatoms. The summed E-state index contributed by atoms with van der Waals surface area (Å²) in [4.78, 5) is 7.07. The van der Waals surface area contributed by atoms with Crippen molar-refractivity contribution >= 4 is 0 Å². The highest BCUT2D eigenvalue weighted by Gasteiger charge is 2.24. The van der Waals surface area contributed by atoms with Crippen molar-refractivity contribution in [2.24, 2.45) is 5.92 Å². The summed E-state index contributed by atoms with van der Waals surface area (Å²) in [6, 6.07) is 7.01. The fourth-order valence-electron chi connectivity index (χ4n) is 3.56. The Bertz CT molecular complexity index is 419. The van der Waals surface area contributed by atoms with Gasteiger partial charge in [0.15, 0.2) is 0 Å². The van der Waals surface area contributed by atoms with Crippen molar-refractivity contribution in [3.63, 3.8) is 0 Å². The molecule has 1 N–H and O–H groups in total.